The van der Waals surface area contributed by atoms with Crippen molar-refractivity contribution in [2.45, 2.75) is 152 Å². The summed E-state index contributed by atoms with van der Waals surface area (Å²) in [7, 11) is -3.36. The van der Waals surface area contributed by atoms with Crippen molar-refractivity contribution in [1.29, 1.82) is 0 Å². The molecule has 14 heteroatoms. The summed E-state index contributed by atoms with van der Waals surface area (Å²) in [6, 6.07) is -4.54. The number of likely N-dealkylation sites (tertiary alicyclic amines) is 1. The number of hydrogen-bond donors (Lipinski definition) is 5. The SMILES string of the molecule is CCCC[C@H](NC(=O)[C@@H]1C(N)CCN1C(=O)[C@@H](NC(=O)NC1(C2CCCS2(=O)=O)CCCCC1)C(C)(C)C)C(=O)C(=O)NC1CC1. The summed E-state index contributed by atoms with van der Waals surface area (Å²) in [6.45, 7) is 7.53. The molecule has 5 atom stereocenters. The van der Waals surface area contributed by atoms with Gasteiger partial charge in [0.15, 0.2) is 9.84 Å². The molecule has 4 fully saturated rings. The number of sulfone groups is 1. The van der Waals surface area contributed by atoms with Crippen LogP contribution < -0.4 is 27.0 Å². The van der Waals surface area contributed by atoms with Crippen LogP contribution in [0.4, 0.5) is 4.79 Å². The Hall–Kier alpha value is -2.74. The van der Waals surface area contributed by atoms with Crippen LogP contribution in [0.3, 0.4) is 0 Å². The van der Waals surface area contributed by atoms with Crippen molar-refractivity contribution in [1.82, 2.24) is 26.2 Å². The minimum Gasteiger partial charge on any atom is -0.347 e. The van der Waals surface area contributed by atoms with Gasteiger partial charge in [0.25, 0.3) is 5.91 Å². The Kier molecular flexibility index (Phi) is 11.4. The number of Topliss-reactive ketones (excluding diaryl/α,β-unsaturated/α-hetero) is 1. The van der Waals surface area contributed by atoms with Crippen molar-refractivity contribution in [3.63, 3.8) is 0 Å². The van der Waals surface area contributed by atoms with E-state index in [2.05, 4.69) is 21.3 Å². The average molecular weight is 667 g/mol. The second kappa shape index (κ2) is 14.6. The molecule has 2 heterocycles. The Labute approximate surface area is 273 Å². The fourth-order valence-corrected chi connectivity index (χ4v) is 9.67. The van der Waals surface area contributed by atoms with E-state index in [0.717, 1.165) is 38.5 Å². The summed E-state index contributed by atoms with van der Waals surface area (Å²) in [5, 5.41) is 10.6. The molecule has 2 saturated heterocycles. The van der Waals surface area contributed by atoms with E-state index in [0.29, 0.717) is 38.5 Å². The fraction of sp³-hybridized carbons (Fsp3) is 0.844. The van der Waals surface area contributed by atoms with Crippen molar-refractivity contribution in [3.8, 4) is 0 Å². The number of nitrogens with two attached hydrogens (primary N) is 1. The van der Waals surface area contributed by atoms with Gasteiger partial charge in [0.1, 0.15) is 12.1 Å². The summed E-state index contributed by atoms with van der Waals surface area (Å²) in [5.74, 6) is -2.44. The highest BCUT2D eigenvalue weighted by Crippen LogP contribution is 2.39. The number of carbonyl (C=O) groups excluding carboxylic acids is 5. The smallest absolute Gasteiger partial charge is 0.315 e. The molecule has 4 aliphatic rings. The van der Waals surface area contributed by atoms with E-state index < -0.39 is 79.7 Å². The highest BCUT2D eigenvalue weighted by Gasteiger charge is 2.51. The molecule has 0 bridgehead atoms. The number of rotatable bonds is 12. The van der Waals surface area contributed by atoms with Crippen LogP contribution >= 0.6 is 0 Å². The number of carbonyl (C=O) groups is 5. The van der Waals surface area contributed by atoms with Crippen molar-refractivity contribution >= 4 is 39.4 Å². The molecule has 0 aromatic rings. The quantitative estimate of drug-likeness (QED) is 0.193. The highest BCUT2D eigenvalue weighted by atomic mass is 32.2. The van der Waals surface area contributed by atoms with Gasteiger partial charge in [-0.2, -0.15) is 0 Å². The van der Waals surface area contributed by atoms with Crippen LogP contribution in [-0.4, -0.2) is 96.1 Å². The Morgan fingerprint density at radius 3 is 2.20 bits per heavy atom. The van der Waals surface area contributed by atoms with Gasteiger partial charge in [0, 0.05) is 18.6 Å². The van der Waals surface area contributed by atoms with Crippen LogP contribution in [-0.2, 0) is 29.0 Å². The van der Waals surface area contributed by atoms with Crippen LogP contribution in [0.25, 0.3) is 0 Å². The molecule has 260 valence electrons. The van der Waals surface area contributed by atoms with Crippen molar-refractivity contribution in [3.05, 3.63) is 0 Å². The number of urea groups is 1. The number of unbranched alkanes of at least 4 members (excludes halogenated alkanes) is 1. The zero-order valence-corrected chi connectivity index (χ0v) is 28.7. The van der Waals surface area contributed by atoms with Gasteiger partial charge < -0.3 is 31.9 Å². The van der Waals surface area contributed by atoms with Crippen molar-refractivity contribution in [2.24, 2.45) is 11.1 Å². The summed E-state index contributed by atoms with van der Waals surface area (Å²) in [4.78, 5) is 68.4. The fourth-order valence-electron chi connectivity index (χ4n) is 7.31. The molecule has 4 rings (SSSR count). The molecule has 2 unspecified atom stereocenters. The highest BCUT2D eigenvalue weighted by molar-refractivity contribution is 7.92. The third-order valence-electron chi connectivity index (χ3n) is 10.1. The minimum absolute atomic E-state index is 0.00932. The summed E-state index contributed by atoms with van der Waals surface area (Å²) >= 11 is 0. The Morgan fingerprint density at radius 1 is 0.957 bits per heavy atom. The molecule has 13 nitrogen and oxygen atoms in total. The summed E-state index contributed by atoms with van der Waals surface area (Å²) in [6.07, 6.45) is 8.38. The zero-order valence-electron chi connectivity index (χ0n) is 27.9. The first kappa shape index (κ1) is 36.1. The molecule has 2 saturated carbocycles. The molecule has 5 amide bonds. The molecular formula is C32H54N6O7S. The first-order valence-electron chi connectivity index (χ1n) is 17.1. The van der Waals surface area contributed by atoms with E-state index in [1.54, 1.807) is 20.8 Å². The number of amides is 5. The maximum Gasteiger partial charge on any atom is 0.315 e. The Morgan fingerprint density at radius 2 is 1.63 bits per heavy atom. The van der Waals surface area contributed by atoms with Gasteiger partial charge in [-0.3, -0.25) is 19.2 Å². The number of nitrogens with zero attached hydrogens (tertiary/aromatic N) is 1. The summed E-state index contributed by atoms with van der Waals surface area (Å²) < 4.78 is 26.0. The lowest BCUT2D eigenvalue weighted by Crippen LogP contribution is -2.65. The van der Waals surface area contributed by atoms with Crippen LogP contribution in [0.2, 0.25) is 0 Å². The van der Waals surface area contributed by atoms with E-state index in [9.17, 15) is 32.4 Å². The lowest BCUT2D eigenvalue weighted by atomic mass is 9.78. The molecule has 0 aromatic carbocycles. The third kappa shape index (κ3) is 8.39. The van der Waals surface area contributed by atoms with Gasteiger partial charge in [-0.05, 0) is 56.8 Å². The van der Waals surface area contributed by atoms with Crippen molar-refractivity contribution in [2.75, 3.05) is 12.3 Å². The van der Waals surface area contributed by atoms with Gasteiger partial charge in [-0.25, -0.2) is 13.2 Å². The molecule has 2 aliphatic heterocycles. The predicted molar refractivity (Wildman–Crippen MR) is 173 cm³/mol. The zero-order chi connectivity index (χ0) is 33.9. The van der Waals surface area contributed by atoms with Gasteiger partial charge in [0.05, 0.1) is 22.6 Å². The van der Waals surface area contributed by atoms with Gasteiger partial charge in [0.2, 0.25) is 17.6 Å². The molecular weight excluding hydrogens is 612 g/mol. The maximum atomic E-state index is 14.2. The largest absolute Gasteiger partial charge is 0.347 e. The molecule has 2 aliphatic carbocycles. The van der Waals surface area contributed by atoms with E-state index in [4.69, 9.17) is 5.73 Å². The molecule has 0 aromatic heterocycles. The maximum absolute atomic E-state index is 14.2. The number of hydrogen-bond acceptors (Lipinski definition) is 8. The topological polar surface area (TPSA) is 197 Å². The monoisotopic (exact) mass is 666 g/mol. The lowest BCUT2D eigenvalue weighted by molar-refractivity contribution is -0.144. The second-order valence-electron chi connectivity index (χ2n) is 14.9. The minimum atomic E-state index is -3.36. The van der Waals surface area contributed by atoms with Gasteiger partial charge >= 0.3 is 6.03 Å². The van der Waals surface area contributed by atoms with E-state index in [1.165, 1.54) is 4.90 Å². The molecule has 0 spiro atoms. The Balaban J connectivity index is 1.50. The van der Waals surface area contributed by atoms with E-state index in [1.807, 2.05) is 6.92 Å². The molecule has 46 heavy (non-hydrogen) atoms. The summed E-state index contributed by atoms with van der Waals surface area (Å²) in [5.41, 5.74) is 4.69. The second-order valence-corrected chi connectivity index (χ2v) is 17.2. The first-order valence-corrected chi connectivity index (χ1v) is 18.8. The van der Waals surface area contributed by atoms with Crippen molar-refractivity contribution < 1.29 is 32.4 Å². The lowest BCUT2D eigenvalue weighted by Gasteiger charge is -2.43. The van der Waals surface area contributed by atoms with Crippen LogP contribution in [0.15, 0.2) is 0 Å². The Bertz CT molecular complexity index is 1270. The average Bonchev–Trinajstić information content (AvgIpc) is 3.60. The standard InChI is InChI=1S/C32H54N6O7S/c1-5-6-11-22(25(39)28(41)34-20-13-14-20)35-27(40)24-21(33)15-18-38(24)29(42)26(31(2,3)4)36-30(43)37-32(16-8-7-9-17-32)23-12-10-19-46(23,44)45/h20-24,26H,5-19,33H2,1-4H3,(H,34,41)(H,35,40)(H2,36,37,43)/t21?,22-,23?,24-,26+/m0/s1. The first-order chi connectivity index (χ1) is 21.6. The molecule has 6 N–H and O–H groups in total. The normalized spacial score (nSPS) is 26.9. The number of nitrogens with one attached hydrogen (secondary N) is 4. The van der Waals surface area contributed by atoms with Crippen LogP contribution in [0.1, 0.15) is 111 Å². The van der Waals surface area contributed by atoms with Gasteiger partial charge in [-0.15, -0.1) is 0 Å². The number of ketones is 1. The van der Waals surface area contributed by atoms with Crippen LogP contribution in [0, 0.1) is 5.41 Å². The molecule has 0 radical (unpaired) electrons. The van der Waals surface area contributed by atoms with Gasteiger partial charge in [-0.1, -0.05) is 59.8 Å². The van der Waals surface area contributed by atoms with E-state index in [-0.39, 0.29) is 24.8 Å². The predicted octanol–water partition coefficient (Wildman–Crippen LogP) is 1.43. The van der Waals surface area contributed by atoms with Crippen LogP contribution in [0.5, 0.6) is 0 Å². The van der Waals surface area contributed by atoms with E-state index >= 15 is 0 Å². The third-order valence-corrected chi connectivity index (χ3v) is 12.5.